The van der Waals surface area contributed by atoms with Gasteiger partial charge in [-0.2, -0.15) is 0 Å². The summed E-state index contributed by atoms with van der Waals surface area (Å²) in [5.41, 5.74) is 1.51. The Morgan fingerprint density at radius 3 is 2.40 bits per heavy atom. The van der Waals surface area contributed by atoms with Crippen molar-refractivity contribution in [1.82, 2.24) is 10.2 Å². The van der Waals surface area contributed by atoms with Crippen LogP contribution in [0.15, 0.2) is 54.6 Å². The van der Waals surface area contributed by atoms with Crippen molar-refractivity contribution in [2.45, 2.75) is 18.9 Å². The van der Waals surface area contributed by atoms with Crippen molar-refractivity contribution in [3.05, 3.63) is 70.7 Å². The predicted octanol–water partition coefficient (Wildman–Crippen LogP) is 3.08. The lowest BCUT2D eigenvalue weighted by molar-refractivity contribution is -0.127. The van der Waals surface area contributed by atoms with Gasteiger partial charge in [-0.1, -0.05) is 41.9 Å². The van der Waals surface area contributed by atoms with E-state index in [2.05, 4.69) is 5.32 Å². The zero-order chi connectivity index (χ0) is 17.8. The van der Waals surface area contributed by atoms with Crippen LogP contribution in [0.5, 0.6) is 0 Å². The van der Waals surface area contributed by atoms with Gasteiger partial charge in [-0.25, -0.2) is 4.79 Å². The number of hydrogen-bond acceptors (Lipinski definition) is 3. The molecule has 1 fully saturated rings. The van der Waals surface area contributed by atoms with Crippen LogP contribution in [-0.2, 0) is 11.2 Å². The maximum atomic E-state index is 12.4. The van der Waals surface area contributed by atoms with Gasteiger partial charge in [-0.05, 0) is 42.7 Å². The Morgan fingerprint density at radius 1 is 1.04 bits per heavy atom. The van der Waals surface area contributed by atoms with Crippen molar-refractivity contribution in [2.24, 2.45) is 0 Å². The van der Waals surface area contributed by atoms with E-state index in [1.54, 1.807) is 24.3 Å². The number of halogens is 1. The van der Waals surface area contributed by atoms with Crippen molar-refractivity contribution >= 4 is 29.3 Å². The first-order valence-electron chi connectivity index (χ1n) is 7.99. The smallest absolute Gasteiger partial charge is 0.325 e. The molecule has 0 aliphatic carbocycles. The first-order chi connectivity index (χ1) is 12.0. The third-order valence-electron chi connectivity index (χ3n) is 4.14. The van der Waals surface area contributed by atoms with Crippen molar-refractivity contribution in [2.75, 3.05) is 6.54 Å². The van der Waals surface area contributed by atoms with Crippen molar-refractivity contribution < 1.29 is 14.4 Å². The Labute approximate surface area is 150 Å². The molecule has 2 aromatic carbocycles. The second-order valence-electron chi connectivity index (χ2n) is 5.88. The Hall–Kier alpha value is -2.66. The van der Waals surface area contributed by atoms with E-state index in [0.717, 1.165) is 10.5 Å². The van der Waals surface area contributed by atoms with Crippen molar-refractivity contribution in [1.29, 1.82) is 0 Å². The summed E-state index contributed by atoms with van der Waals surface area (Å²) < 4.78 is 0. The molecule has 0 bridgehead atoms. The van der Waals surface area contributed by atoms with Crippen LogP contribution in [0.1, 0.15) is 22.3 Å². The van der Waals surface area contributed by atoms with E-state index in [1.807, 2.05) is 30.3 Å². The standard InChI is InChI=1S/C19H17ClN2O3/c20-15-9-7-14(8-10-15)17(23)12-22-18(24)16(21-19(22)25)11-6-13-4-2-1-3-5-13/h1-5,7-10,16H,6,11-12H2,(H,21,25)/t16-/m0/s1. The summed E-state index contributed by atoms with van der Waals surface area (Å²) in [5.74, 6) is -0.660. The van der Waals surface area contributed by atoms with Crippen LogP contribution < -0.4 is 5.32 Å². The second kappa shape index (κ2) is 7.49. The number of ketones is 1. The largest absolute Gasteiger partial charge is 0.326 e. The topological polar surface area (TPSA) is 66.5 Å². The fourth-order valence-corrected chi connectivity index (χ4v) is 2.87. The third kappa shape index (κ3) is 4.06. The number of carbonyl (C=O) groups is 3. The van der Waals surface area contributed by atoms with Gasteiger partial charge in [0.25, 0.3) is 5.91 Å². The van der Waals surface area contributed by atoms with E-state index in [4.69, 9.17) is 11.6 Å². The molecule has 1 aliphatic rings. The molecule has 1 aliphatic heterocycles. The number of nitrogens with one attached hydrogen (secondary N) is 1. The molecule has 128 valence electrons. The molecule has 1 saturated heterocycles. The van der Waals surface area contributed by atoms with Gasteiger partial charge in [0.2, 0.25) is 0 Å². The number of amides is 3. The highest BCUT2D eigenvalue weighted by molar-refractivity contribution is 6.30. The van der Waals surface area contributed by atoms with Crippen LogP contribution in [0.2, 0.25) is 5.02 Å². The molecule has 1 atom stereocenters. The van der Waals surface area contributed by atoms with Gasteiger partial charge in [0, 0.05) is 10.6 Å². The number of carbonyl (C=O) groups excluding carboxylic acids is 3. The van der Waals surface area contributed by atoms with E-state index in [1.165, 1.54) is 0 Å². The Balaban J connectivity index is 1.61. The predicted molar refractivity (Wildman–Crippen MR) is 94.6 cm³/mol. The molecule has 3 amide bonds. The monoisotopic (exact) mass is 356 g/mol. The minimum absolute atomic E-state index is 0.270. The van der Waals surface area contributed by atoms with Crippen LogP contribution in [0.3, 0.4) is 0 Å². The highest BCUT2D eigenvalue weighted by atomic mass is 35.5. The highest BCUT2D eigenvalue weighted by Gasteiger charge is 2.38. The van der Waals surface area contributed by atoms with Crippen LogP contribution in [0, 0.1) is 0 Å². The normalized spacial score (nSPS) is 16.8. The van der Waals surface area contributed by atoms with Crippen molar-refractivity contribution in [3.63, 3.8) is 0 Å². The first-order valence-corrected chi connectivity index (χ1v) is 8.37. The number of hydrogen-bond donors (Lipinski definition) is 1. The summed E-state index contributed by atoms with van der Waals surface area (Å²) >= 11 is 5.80. The van der Waals surface area contributed by atoms with Crippen molar-refractivity contribution in [3.8, 4) is 0 Å². The average molecular weight is 357 g/mol. The molecule has 0 spiro atoms. The summed E-state index contributed by atoms with van der Waals surface area (Å²) in [6.07, 6.45) is 1.18. The third-order valence-corrected chi connectivity index (χ3v) is 4.39. The molecule has 2 aromatic rings. The highest BCUT2D eigenvalue weighted by Crippen LogP contribution is 2.15. The number of urea groups is 1. The van der Waals surface area contributed by atoms with Crippen LogP contribution >= 0.6 is 11.6 Å². The van der Waals surface area contributed by atoms with E-state index in [0.29, 0.717) is 23.4 Å². The molecule has 6 heteroatoms. The molecule has 1 heterocycles. The average Bonchev–Trinajstić information content (AvgIpc) is 2.89. The lowest BCUT2D eigenvalue weighted by Gasteiger charge is -2.12. The van der Waals surface area contributed by atoms with E-state index < -0.39 is 12.1 Å². The number of nitrogens with zero attached hydrogens (tertiary/aromatic N) is 1. The molecule has 0 unspecified atom stereocenters. The summed E-state index contributed by atoms with van der Waals surface area (Å²) in [6, 6.07) is 15.0. The number of rotatable bonds is 6. The quantitative estimate of drug-likeness (QED) is 0.639. The number of Topliss-reactive ketones (excluding diaryl/α,β-unsaturated/α-hetero) is 1. The minimum Gasteiger partial charge on any atom is -0.326 e. The van der Waals surface area contributed by atoms with Gasteiger partial charge >= 0.3 is 6.03 Å². The maximum absolute atomic E-state index is 12.4. The zero-order valence-corrected chi connectivity index (χ0v) is 14.2. The van der Waals surface area contributed by atoms with Crippen LogP contribution in [0.4, 0.5) is 4.79 Å². The van der Waals surface area contributed by atoms with Gasteiger partial charge in [0.05, 0.1) is 6.54 Å². The van der Waals surface area contributed by atoms with E-state index >= 15 is 0 Å². The molecule has 0 saturated carbocycles. The van der Waals surface area contributed by atoms with Gasteiger partial charge in [-0.15, -0.1) is 0 Å². The molecular formula is C19H17ClN2O3. The lowest BCUT2D eigenvalue weighted by Crippen LogP contribution is -2.36. The fraction of sp³-hybridized carbons (Fsp3) is 0.211. The molecule has 0 aromatic heterocycles. The lowest BCUT2D eigenvalue weighted by atomic mass is 10.1. The molecular weight excluding hydrogens is 340 g/mol. The van der Waals surface area contributed by atoms with E-state index in [9.17, 15) is 14.4 Å². The summed E-state index contributed by atoms with van der Waals surface area (Å²) in [5, 5.41) is 3.17. The summed E-state index contributed by atoms with van der Waals surface area (Å²) in [7, 11) is 0. The Bertz CT molecular complexity index is 790. The first kappa shape index (κ1) is 17.2. The van der Waals surface area contributed by atoms with E-state index in [-0.39, 0.29) is 18.2 Å². The Kier molecular flexibility index (Phi) is 5.14. The van der Waals surface area contributed by atoms with Crippen LogP contribution in [-0.4, -0.2) is 35.2 Å². The molecule has 25 heavy (non-hydrogen) atoms. The summed E-state index contributed by atoms with van der Waals surface area (Å²) in [4.78, 5) is 37.7. The maximum Gasteiger partial charge on any atom is 0.325 e. The molecule has 5 nitrogen and oxygen atoms in total. The molecule has 0 radical (unpaired) electrons. The number of aryl methyl sites for hydroxylation is 1. The Morgan fingerprint density at radius 2 is 1.72 bits per heavy atom. The molecule has 3 rings (SSSR count). The SMILES string of the molecule is O=C(CN1C(=O)N[C@@H](CCc2ccccc2)C1=O)c1ccc(Cl)cc1. The second-order valence-corrected chi connectivity index (χ2v) is 6.32. The van der Waals surface area contributed by atoms with Gasteiger partial charge in [0.15, 0.2) is 5.78 Å². The fourth-order valence-electron chi connectivity index (χ4n) is 2.75. The number of benzene rings is 2. The minimum atomic E-state index is -0.592. The molecule has 1 N–H and O–H groups in total. The zero-order valence-electron chi connectivity index (χ0n) is 13.4. The number of imide groups is 1. The van der Waals surface area contributed by atoms with Gasteiger partial charge < -0.3 is 5.32 Å². The summed E-state index contributed by atoms with van der Waals surface area (Å²) in [6.45, 7) is -0.270. The van der Waals surface area contributed by atoms with Crippen LogP contribution in [0.25, 0.3) is 0 Å². The van der Waals surface area contributed by atoms with Gasteiger partial charge in [0.1, 0.15) is 6.04 Å². The van der Waals surface area contributed by atoms with Gasteiger partial charge in [-0.3, -0.25) is 14.5 Å².